The Morgan fingerprint density at radius 2 is 0.967 bits per heavy atom. The third-order valence-corrected chi connectivity index (χ3v) is 13.8. The van der Waals surface area contributed by atoms with E-state index in [2.05, 4.69) is 231 Å². The minimum atomic E-state index is -0.114. The SMILES string of the molecule is CC1(C)c2ccccc2-c2cc(N(c3cccc(-c4cccc5cc(-n6c7ccccc7c7ccccc76)ccc45)c3)c3cccc4c3-c3ccccc3C4(C)C)ccc21. The smallest absolute Gasteiger partial charge is 0.0543 e. The molecule has 0 radical (unpaired) electrons. The molecule has 0 N–H and O–H groups in total. The van der Waals surface area contributed by atoms with E-state index in [-0.39, 0.29) is 10.8 Å². The molecule has 0 aliphatic heterocycles. The number of para-hydroxylation sites is 2. The van der Waals surface area contributed by atoms with E-state index in [9.17, 15) is 0 Å². The maximum atomic E-state index is 2.51. The van der Waals surface area contributed by atoms with E-state index in [1.165, 1.54) is 99.6 Å². The highest BCUT2D eigenvalue weighted by molar-refractivity contribution is 6.10. The quantitative estimate of drug-likeness (QED) is 0.169. The van der Waals surface area contributed by atoms with E-state index in [1.807, 2.05) is 0 Å². The van der Waals surface area contributed by atoms with Gasteiger partial charge in [-0.25, -0.2) is 0 Å². The lowest BCUT2D eigenvalue weighted by Gasteiger charge is -2.30. The van der Waals surface area contributed by atoms with Crippen LogP contribution in [0.2, 0.25) is 0 Å². The second-order valence-corrected chi connectivity index (χ2v) is 17.7. The molecule has 0 fully saturated rings. The summed E-state index contributed by atoms with van der Waals surface area (Å²) < 4.78 is 2.41. The fourth-order valence-corrected chi connectivity index (χ4v) is 10.9. The highest BCUT2D eigenvalue weighted by Gasteiger charge is 2.39. The topological polar surface area (TPSA) is 8.17 Å². The van der Waals surface area contributed by atoms with Crippen molar-refractivity contribution < 1.29 is 0 Å². The molecule has 2 aliphatic carbocycles. The van der Waals surface area contributed by atoms with Crippen molar-refractivity contribution in [1.29, 1.82) is 0 Å². The summed E-state index contributed by atoms with van der Waals surface area (Å²) in [6, 6.07) is 72.4. The van der Waals surface area contributed by atoms with Crippen LogP contribution in [0.25, 0.3) is 71.6 Å². The molecule has 0 saturated carbocycles. The minimum Gasteiger partial charge on any atom is -0.310 e. The van der Waals surface area contributed by atoms with Crippen molar-refractivity contribution in [2.45, 2.75) is 38.5 Å². The van der Waals surface area contributed by atoms with Gasteiger partial charge in [-0.3, -0.25) is 0 Å². The first-order valence-corrected chi connectivity index (χ1v) is 21.2. The molecule has 1 aromatic heterocycles. The third-order valence-electron chi connectivity index (χ3n) is 13.8. The number of hydrogen-bond donors (Lipinski definition) is 0. The first-order chi connectivity index (χ1) is 29.3. The van der Waals surface area contributed by atoms with Gasteiger partial charge in [0.25, 0.3) is 0 Å². The normalized spacial score (nSPS) is 14.3. The van der Waals surface area contributed by atoms with Crippen molar-refractivity contribution in [2.75, 3.05) is 4.90 Å². The van der Waals surface area contributed by atoms with E-state index in [0.29, 0.717) is 0 Å². The second kappa shape index (κ2) is 12.7. The predicted molar refractivity (Wildman–Crippen MR) is 254 cm³/mol. The number of rotatable bonds is 5. The van der Waals surface area contributed by atoms with Crippen molar-refractivity contribution in [1.82, 2.24) is 4.57 Å². The molecule has 286 valence electrons. The molecule has 2 nitrogen and oxygen atoms in total. The fraction of sp³-hybridized carbons (Fsp3) is 0.103. The zero-order valence-electron chi connectivity index (χ0n) is 34.4. The molecule has 10 aromatic rings. The van der Waals surface area contributed by atoms with Crippen LogP contribution < -0.4 is 4.90 Å². The van der Waals surface area contributed by atoms with Crippen LogP contribution in [-0.2, 0) is 10.8 Å². The molecule has 2 heteroatoms. The van der Waals surface area contributed by atoms with Crippen LogP contribution in [0.1, 0.15) is 49.9 Å². The summed E-state index contributed by atoms with van der Waals surface area (Å²) in [4.78, 5) is 2.51. The first kappa shape index (κ1) is 34.8. The lowest BCUT2D eigenvalue weighted by Crippen LogP contribution is -2.16. The summed E-state index contributed by atoms with van der Waals surface area (Å²) in [7, 11) is 0. The van der Waals surface area contributed by atoms with Crippen LogP contribution in [0.4, 0.5) is 17.1 Å². The molecule has 60 heavy (non-hydrogen) atoms. The van der Waals surface area contributed by atoms with Crippen molar-refractivity contribution >= 4 is 49.6 Å². The van der Waals surface area contributed by atoms with Crippen molar-refractivity contribution in [2.24, 2.45) is 0 Å². The Morgan fingerprint density at radius 3 is 1.75 bits per heavy atom. The summed E-state index contributed by atoms with van der Waals surface area (Å²) in [6.07, 6.45) is 0. The van der Waals surface area contributed by atoms with Crippen molar-refractivity contribution in [3.8, 4) is 39.1 Å². The molecule has 0 saturated heterocycles. The number of fused-ring (bicyclic) bond motifs is 10. The number of nitrogens with zero attached hydrogens (tertiary/aromatic N) is 2. The van der Waals surface area contributed by atoms with Gasteiger partial charge in [-0.1, -0.05) is 167 Å². The summed E-state index contributed by atoms with van der Waals surface area (Å²) in [6.45, 7) is 9.46. The maximum Gasteiger partial charge on any atom is 0.0543 e. The molecule has 0 atom stereocenters. The van der Waals surface area contributed by atoms with E-state index >= 15 is 0 Å². The highest BCUT2D eigenvalue weighted by Crippen LogP contribution is 2.56. The number of anilines is 3. The van der Waals surface area contributed by atoms with Gasteiger partial charge in [-0.05, 0) is 115 Å². The zero-order valence-corrected chi connectivity index (χ0v) is 34.4. The summed E-state index contributed by atoms with van der Waals surface area (Å²) in [5.41, 5.74) is 20.1. The van der Waals surface area contributed by atoms with Gasteiger partial charge in [-0.2, -0.15) is 0 Å². The Labute approximate surface area is 351 Å². The van der Waals surface area contributed by atoms with Crippen LogP contribution in [0, 0.1) is 0 Å². The Morgan fingerprint density at radius 1 is 0.383 bits per heavy atom. The lowest BCUT2D eigenvalue weighted by molar-refractivity contribution is 0.660. The predicted octanol–water partition coefficient (Wildman–Crippen LogP) is 15.7. The number of aromatic nitrogens is 1. The van der Waals surface area contributed by atoms with Crippen LogP contribution in [0.5, 0.6) is 0 Å². The lowest BCUT2D eigenvalue weighted by atomic mass is 9.82. The largest absolute Gasteiger partial charge is 0.310 e. The van der Waals surface area contributed by atoms with E-state index in [0.717, 1.165) is 11.4 Å². The molecule has 0 amide bonds. The highest BCUT2D eigenvalue weighted by atomic mass is 15.1. The van der Waals surface area contributed by atoms with Gasteiger partial charge in [0.1, 0.15) is 0 Å². The first-order valence-electron chi connectivity index (χ1n) is 21.2. The molecular formula is C58H44N2. The summed E-state index contributed by atoms with van der Waals surface area (Å²) in [5.74, 6) is 0. The molecule has 1 heterocycles. The minimum absolute atomic E-state index is 0.0675. The zero-order chi connectivity index (χ0) is 40.3. The molecule has 2 aliphatic rings. The summed E-state index contributed by atoms with van der Waals surface area (Å²) >= 11 is 0. The average molecular weight is 769 g/mol. The average Bonchev–Trinajstić information content (AvgIpc) is 3.83. The van der Waals surface area contributed by atoms with Crippen LogP contribution in [0.3, 0.4) is 0 Å². The van der Waals surface area contributed by atoms with Gasteiger partial charge in [0.2, 0.25) is 0 Å². The van der Waals surface area contributed by atoms with Crippen molar-refractivity contribution in [3.63, 3.8) is 0 Å². The molecule has 12 rings (SSSR count). The second-order valence-electron chi connectivity index (χ2n) is 17.7. The summed E-state index contributed by atoms with van der Waals surface area (Å²) in [5, 5.41) is 5.00. The number of hydrogen-bond acceptors (Lipinski definition) is 1. The Bertz CT molecular complexity index is 3340. The van der Waals surface area contributed by atoms with Crippen LogP contribution in [0.15, 0.2) is 194 Å². The third kappa shape index (κ3) is 4.88. The standard InChI is InChI=1S/C58H44N2/c1-57(2)49-24-9-5-19-44(49)48-36-41(31-33-51(48)57)59(55-29-15-26-52-56(55)47-22-6-10-25-50(47)58(52,3)4)39-18-13-16-37(34-39)42-23-14-17-38-35-40(30-32-43(38)42)60-53-27-11-7-20-45(53)46-21-8-12-28-54(46)60/h5-36H,1-4H3. The number of benzene rings is 9. The van der Waals surface area contributed by atoms with Gasteiger partial charge >= 0.3 is 0 Å². The Balaban J connectivity index is 1.04. The Hall–Kier alpha value is -7.16. The van der Waals surface area contributed by atoms with Crippen LogP contribution in [-0.4, -0.2) is 4.57 Å². The molecule has 9 aromatic carbocycles. The van der Waals surface area contributed by atoms with Gasteiger partial charge in [0.15, 0.2) is 0 Å². The Kier molecular flexibility index (Phi) is 7.36. The van der Waals surface area contributed by atoms with Crippen molar-refractivity contribution in [3.05, 3.63) is 216 Å². The molecule has 0 unspecified atom stereocenters. The fourth-order valence-electron chi connectivity index (χ4n) is 10.9. The van der Waals surface area contributed by atoms with Crippen LogP contribution >= 0.6 is 0 Å². The van der Waals surface area contributed by atoms with E-state index in [1.54, 1.807) is 0 Å². The molecular weight excluding hydrogens is 725 g/mol. The van der Waals surface area contributed by atoms with Gasteiger partial charge in [0.05, 0.1) is 16.7 Å². The molecule has 0 spiro atoms. The monoisotopic (exact) mass is 768 g/mol. The maximum absolute atomic E-state index is 2.51. The van der Waals surface area contributed by atoms with E-state index < -0.39 is 0 Å². The molecule has 0 bridgehead atoms. The van der Waals surface area contributed by atoms with Gasteiger partial charge in [0, 0.05) is 44.2 Å². The van der Waals surface area contributed by atoms with Gasteiger partial charge < -0.3 is 9.47 Å². The van der Waals surface area contributed by atoms with E-state index in [4.69, 9.17) is 0 Å². The van der Waals surface area contributed by atoms with Gasteiger partial charge in [-0.15, -0.1) is 0 Å².